The number of unbranched alkanes of at least 4 members (excludes halogenated alkanes) is 1. The van der Waals surface area contributed by atoms with Crippen LogP contribution in [0.5, 0.6) is 5.75 Å². The Morgan fingerprint density at radius 3 is 1.32 bits per heavy atom. The molecule has 1 aromatic rings. The molecule has 1 heterocycles. The van der Waals surface area contributed by atoms with Gasteiger partial charge in [-0.3, -0.25) is 0 Å². The fraction of sp³-hybridized carbons (Fsp3) is 0.756. The van der Waals surface area contributed by atoms with Gasteiger partial charge in [-0.25, -0.2) is 33.3 Å². The van der Waals surface area contributed by atoms with Gasteiger partial charge >= 0.3 is 36.2 Å². The molecule has 0 spiro atoms. The lowest BCUT2D eigenvalue weighted by Gasteiger charge is -2.34. The minimum Gasteiger partial charge on any atom is -0.502 e. The molecule has 0 aliphatic heterocycles. The predicted molar refractivity (Wildman–Crippen MR) is 231 cm³/mol. The van der Waals surface area contributed by atoms with Gasteiger partial charge in [0.2, 0.25) is 6.20 Å². The highest BCUT2D eigenvalue weighted by Gasteiger charge is 2.46. The maximum atomic E-state index is 14.2. The number of hydrogen-bond acceptors (Lipinski definition) is 13. The molecular weight excluding hydrogens is 805 g/mol. The molecule has 4 N–H and O–H groups in total. The number of ether oxygens (including phenoxy) is 6. The second kappa shape index (κ2) is 21.0. The molecule has 1 rings (SSSR count). The molecule has 0 radical (unpaired) electrons. The molecule has 17 nitrogen and oxygen atoms in total. The third-order valence-corrected chi connectivity index (χ3v) is 7.87. The number of aromatic hydroxyl groups is 1. The van der Waals surface area contributed by atoms with E-state index in [4.69, 9.17) is 28.4 Å². The van der Waals surface area contributed by atoms with Gasteiger partial charge in [0.25, 0.3) is 0 Å². The van der Waals surface area contributed by atoms with Crippen molar-refractivity contribution in [2.75, 3.05) is 0 Å². The summed E-state index contributed by atoms with van der Waals surface area (Å²) in [7, 11) is 0. The third kappa shape index (κ3) is 21.8. The summed E-state index contributed by atoms with van der Waals surface area (Å²) >= 11 is 0. The van der Waals surface area contributed by atoms with Crippen molar-refractivity contribution < 1.29 is 66.9 Å². The molecule has 0 saturated heterocycles. The number of rotatable bonds is 15. The number of amides is 3. The van der Waals surface area contributed by atoms with Gasteiger partial charge in [-0.1, -0.05) is 0 Å². The molecule has 3 amide bonds. The minimum atomic E-state index is -2.05. The van der Waals surface area contributed by atoms with E-state index in [9.17, 15) is 33.9 Å². The number of esters is 3. The van der Waals surface area contributed by atoms with Crippen molar-refractivity contribution in [1.82, 2.24) is 16.0 Å². The van der Waals surface area contributed by atoms with Gasteiger partial charge in [-0.15, -0.1) is 0 Å². The smallest absolute Gasteiger partial charge is 0.408 e. The van der Waals surface area contributed by atoms with E-state index >= 15 is 0 Å². The normalized spacial score (nSPS) is 14.6. The van der Waals surface area contributed by atoms with Crippen molar-refractivity contribution in [2.45, 2.75) is 221 Å². The Labute approximate surface area is 369 Å². The summed E-state index contributed by atoms with van der Waals surface area (Å²) in [6, 6.07) is -2.27. The number of pyridine rings is 1. The molecule has 0 fully saturated rings. The average molecular weight is 882 g/mol. The first-order valence-electron chi connectivity index (χ1n) is 21.1. The molecule has 62 heavy (non-hydrogen) atoms. The van der Waals surface area contributed by atoms with Gasteiger partial charge in [0.1, 0.15) is 52.2 Å². The first-order chi connectivity index (χ1) is 27.7. The highest BCUT2D eigenvalue weighted by atomic mass is 16.6. The van der Waals surface area contributed by atoms with Gasteiger partial charge in [0.15, 0.2) is 17.5 Å². The fourth-order valence-electron chi connectivity index (χ4n) is 5.77. The number of alkyl carbamates (subject to hydrolysis) is 3. The van der Waals surface area contributed by atoms with E-state index in [0.29, 0.717) is 18.4 Å². The van der Waals surface area contributed by atoms with E-state index in [2.05, 4.69) is 16.0 Å². The third-order valence-electron chi connectivity index (χ3n) is 7.87. The summed E-state index contributed by atoms with van der Waals surface area (Å²) in [6.07, 6.45) is 1.29. The lowest BCUT2D eigenvalue weighted by atomic mass is 9.86. The molecule has 0 aromatic carbocycles. The summed E-state index contributed by atoms with van der Waals surface area (Å²) in [4.78, 5) is 80.0. The maximum Gasteiger partial charge on any atom is 0.408 e. The summed E-state index contributed by atoms with van der Waals surface area (Å²) in [5.74, 6) is -2.69. The fourth-order valence-corrected chi connectivity index (χ4v) is 5.77. The Hall–Kier alpha value is -4.83. The summed E-state index contributed by atoms with van der Waals surface area (Å²) in [5, 5.41) is 19.8. The molecule has 354 valence electrons. The largest absolute Gasteiger partial charge is 0.502 e. The number of nitrogens with zero attached hydrogens (tertiary/aromatic N) is 1. The number of aromatic nitrogens is 1. The first kappa shape index (κ1) is 55.2. The molecule has 0 bridgehead atoms. The Morgan fingerprint density at radius 1 is 0.532 bits per heavy atom. The minimum absolute atomic E-state index is 0.0411. The zero-order chi connectivity index (χ0) is 48.4. The molecule has 0 aliphatic carbocycles. The van der Waals surface area contributed by atoms with Crippen LogP contribution < -0.4 is 20.5 Å². The van der Waals surface area contributed by atoms with Crippen LogP contribution in [0, 0.1) is 0 Å². The number of hydrogen-bond donors (Lipinski definition) is 4. The molecule has 0 saturated carbocycles. The molecular formula is C45H77N4O13+. The SMILES string of the molecule is CC(C)(C)OC(=O)NC(CCCC[n+]1cc(O)c(C(C)(NC(=O)OC(C)(C)C)C(=O)OC(C)(C)C)c(CCC(NC(=O)OC(C)(C)C)C(=O)OC(C)(C)C)c1)C(=O)OC(C)(C)C. The quantitative estimate of drug-likeness (QED) is 0.0588. The Balaban J connectivity index is 3.85. The van der Waals surface area contributed by atoms with Crippen LogP contribution in [0.4, 0.5) is 14.4 Å². The summed E-state index contributed by atoms with van der Waals surface area (Å²) in [6.45, 7) is 32.0. The van der Waals surface area contributed by atoms with Crippen LogP contribution in [-0.2, 0) is 61.3 Å². The monoisotopic (exact) mass is 882 g/mol. The number of carbonyl (C=O) groups excluding carboxylic acids is 6. The van der Waals surface area contributed by atoms with Crippen molar-refractivity contribution >= 4 is 36.2 Å². The van der Waals surface area contributed by atoms with Crippen LogP contribution in [0.1, 0.15) is 168 Å². The second-order valence-corrected chi connectivity index (χ2v) is 21.5. The molecule has 3 atom stereocenters. The van der Waals surface area contributed by atoms with Crippen LogP contribution in [0.15, 0.2) is 12.4 Å². The van der Waals surface area contributed by atoms with Crippen molar-refractivity contribution in [3.63, 3.8) is 0 Å². The van der Waals surface area contributed by atoms with E-state index in [1.165, 1.54) is 13.1 Å². The van der Waals surface area contributed by atoms with Gasteiger partial charge in [0.05, 0.1) is 0 Å². The lowest BCUT2D eigenvalue weighted by Crippen LogP contribution is -2.54. The maximum absolute atomic E-state index is 14.2. The Kier molecular flexibility index (Phi) is 18.7. The highest BCUT2D eigenvalue weighted by molar-refractivity contribution is 5.88. The molecule has 1 aromatic heterocycles. The molecule has 0 aliphatic rings. The first-order valence-corrected chi connectivity index (χ1v) is 21.1. The topological polar surface area (TPSA) is 218 Å². The Morgan fingerprint density at radius 2 is 0.919 bits per heavy atom. The standard InChI is InChI=1S/C45H76N4O13/c1-39(2,3)57-33(51)29(46-36(54)60-42(10,11)12)22-20-21-25-49-26-28(23-24-30(34(52)58-40(4,5)6)47-37(55)61-43(13,14)15)32(31(50)27-49)45(19,35(53)59-41(7,8)9)48-38(56)62-44(16,17)18/h26-27,29-30H,20-25H2,1-19H3,(H3-,46,47,48,50,54,55,56)/p+1. The number of nitrogens with one attached hydrogen (secondary N) is 3. The van der Waals surface area contributed by atoms with Crippen LogP contribution in [-0.4, -0.2) is 87.0 Å². The van der Waals surface area contributed by atoms with Gasteiger partial charge in [0, 0.05) is 17.5 Å². The predicted octanol–water partition coefficient (Wildman–Crippen LogP) is 7.33. The van der Waals surface area contributed by atoms with E-state index in [1.807, 2.05) is 0 Å². The number of aryl methyl sites for hydroxylation is 2. The number of carbonyl (C=O) groups is 6. The summed E-state index contributed by atoms with van der Waals surface area (Å²) in [5.41, 5.74) is -7.18. The van der Waals surface area contributed by atoms with E-state index < -0.39 is 93.2 Å². The zero-order valence-corrected chi connectivity index (χ0v) is 40.8. The zero-order valence-electron chi connectivity index (χ0n) is 40.8. The van der Waals surface area contributed by atoms with Crippen LogP contribution >= 0.6 is 0 Å². The van der Waals surface area contributed by atoms with E-state index in [-0.39, 0.29) is 31.4 Å². The van der Waals surface area contributed by atoms with Crippen molar-refractivity contribution in [1.29, 1.82) is 0 Å². The van der Waals surface area contributed by atoms with Crippen molar-refractivity contribution in [3.05, 3.63) is 23.5 Å². The van der Waals surface area contributed by atoms with E-state index in [1.54, 1.807) is 135 Å². The second-order valence-electron chi connectivity index (χ2n) is 21.5. The molecule has 17 heteroatoms. The Bertz CT molecular complexity index is 1740. The van der Waals surface area contributed by atoms with Crippen LogP contribution in [0.25, 0.3) is 0 Å². The van der Waals surface area contributed by atoms with Crippen molar-refractivity contribution in [3.8, 4) is 5.75 Å². The van der Waals surface area contributed by atoms with Crippen LogP contribution in [0.2, 0.25) is 0 Å². The van der Waals surface area contributed by atoms with Gasteiger partial charge in [-0.2, -0.15) is 0 Å². The molecule has 3 unspecified atom stereocenters. The van der Waals surface area contributed by atoms with Gasteiger partial charge < -0.3 is 49.5 Å². The lowest BCUT2D eigenvalue weighted by molar-refractivity contribution is -0.698. The van der Waals surface area contributed by atoms with Crippen molar-refractivity contribution in [2.24, 2.45) is 0 Å². The average Bonchev–Trinajstić information content (AvgIpc) is 2.98. The highest BCUT2D eigenvalue weighted by Crippen LogP contribution is 2.35. The van der Waals surface area contributed by atoms with Crippen LogP contribution in [0.3, 0.4) is 0 Å². The summed E-state index contributed by atoms with van der Waals surface area (Å²) < 4.78 is 35.1. The van der Waals surface area contributed by atoms with E-state index in [0.717, 1.165) is 0 Å². The van der Waals surface area contributed by atoms with Gasteiger partial charge in [-0.05, 0) is 157 Å².